The molecule has 0 amide bonds. The zero-order valence-corrected chi connectivity index (χ0v) is 11.9. The van der Waals surface area contributed by atoms with Gasteiger partial charge in [-0.15, -0.1) is 0 Å². The van der Waals surface area contributed by atoms with Crippen LogP contribution in [0, 0.1) is 5.82 Å². The standard InChI is InChI=1S/C12H6BrClF4N2/c13-7-1-2-8(15)9(5-7)19-11-4-6(12(16,17)18)3-10(14)20-11/h1-5H,(H,19,20). The van der Waals surface area contributed by atoms with Gasteiger partial charge in [-0.1, -0.05) is 27.5 Å². The van der Waals surface area contributed by atoms with Crippen molar-refractivity contribution in [3.63, 3.8) is 0 Å². The molecule has 2 rings (SSSR count). The summed E-state index contributed by atoms with van der Waals surface area (Å²) in [5, 5.41) is 2.13. The van der Waals surface area contributed by atoms with Crippen LogP contribution < -0.4 is 5.32 Å². The summed E-state index contributed by atoms with van der Waals surface area (Å²) in [6.45, 7) is 0. The number of pyridine rings is 1. The smallest absolute Gasteiger partial charge is 0.338 e. The van der Waals surface area contributed by atoms with Crippen LogP contribution in [0.15, 0.2) is 34.8 Å². The molecule has 0 spiro atoms. The van der Waals surface area contributed by atoms with Crippen molar-refractivity contribution in [2.45, 2.75) is 6.18 Å². The van der Waals surface area contributed by atoms with E-state index < -0.39 is 17.6 Å². The van der Waals surface area contributed by atoms with Crippen molar-refractivity contribution in [3.8, 4) is 0 Å². The number of nitrogens with one attached hydrogen (secondary N) is 1. The van der Waals surface area contributed by atoms with E-state index in [4.69, 9.17) is 11.6 Å². The molecule has 0 radical (unpaired) electrons. The van der Waals surface area contributed by atoms with Gasteiger partial charge in [-0.25, -0.2) is 9.37 Å². The maximum Gasteiger partial charge on any atom is 0.416 e. The first-order chi connectivity index (χ1) is 9.25. The van der Waals surface area contributed by atoms with Gasteiger partial charge < -0.3 is 5.32 Å². The van der Waals surface area contributed by atoms with E-state index in [1.807, 2.05) is 0 Å². The predicted molar refractivity (Wildman–Crippen MR) is 71.6 cm³/mol. The summed E-state index contributed by atoms with van der Waals surface area (Å²) in [5.74, 6) is -0.814. The summed E-state index contributed by atoms with van der Waals surface area (Å²) in [7, 11) is 0. The number of aromatic nitrogens is 1. The highest BCUT2D eigenvalue weighted by Gasteiger charge is 2.31. The molecule has 0 aliphatic heterocycles. The van der Waals surface area contributed by atoms with Crippen molar-refractivity contribution < 1.29 is 17.6 Å². The number of anilines is 2. The lowest BCUT2D eigenvalue weighted by Crippen LogP contribution is -2.07. The Morgan fingerprint density at radius 2 is 1.85 bits per heavy atom. The summed E-state index contributed by atoms with van der Waals surface area (Å²) in [4.78, 5) is 3.69. The first-order valence-corrected chi connectivity index (χ1v) is 6.39. The fraction of sp³-hybridized carbons (Fsp3) is 0.0833. The Morgan fingerprint density at radius 1 is 1.15 bits per heavy atom. The summed E-state index contributed by atoms with van der Waals surface area (Å²) in [5.41, 5.74) is -0.974. The van der Waals surface area contributed by atoms with Crippen LogP contribution in [0.4, 0.5) is 29.1 Å². The highest BCUT2D eigenvalue weighted by Crippen LogP contribution is 2.33. The maximum absolute atomic E-state index is 13.5. The predicted octanol–water partition coefficient (Wildman–Crippen LogP) is 5.40. The molecular formula is C12H6BrClF4N2. The zero-order valence-electron chi connectivity index (χ0n) is 9.60. The van der Waals surface area contributed by atoms with Gasteiger partial charge in [0, 0.05) is 4.47 Å². The van der Waals surface area contributed by atoms with Gasteiger partial charge >= 0.3 is 6.18 Å². The highest BCUT2D eigenvalue weighted by atomic mass is 79.9. The van der Waals surface area contributed by atoms with Crippen LogP contribution in [0.25, 0.3) is 0 Å². The van der Waals surface area contributed by atoms with E-state index in [0.29, 0.717) is 10.5 Å². The second-order valence-corrected chi connectivity index (χ2v) is 5.11. The monoisotopic (exact) mass is 368 g/mol. The minimum absolute atomic E-state index is 0.0118. The Kier molecular flexibility index (Phi) is 4.19. The van der Waals surface area contributed by atoms with Crippen molar-refractivity contribution in [2.75, 3.05) is 5.32 Å². The molecule has 0 aliphatic carbocycles. The highest BCUT2D eigenvalue weighted by molar-refractivity contribution is 9.10. The molecule has 106 valence electrons. The van der Waals surface area contributed by atoms with Crippen molar-refractivity contribution in [1.29, 1.82) is 0 Å². The summed E-state index contributed by atoms with van der Waals surface area (Å²) >= 11 is 8.68. The van der Waals surface area contributed by atoms with Gasteiger partial charge in [0.05, 0.1) is 11.3 Å². The molecule has 0 unspecified atom stereocenters. The number of rotatable bonds is 2. The lowest BCUT2D eigenvalue weighted by molar-refractivity contribution is -0.137. The van der Waals surface area contributed by atoms with Crippen molar-refractivity contribution >= 4 is 39.0 Å². The van der Waals surface area contributed by atoms with E-state index in [-0.39, 0.29) is 16.7 Å². The number of alkyl halides is 3. The first kappa shape index (κ1) is 15.1. The Bertz CT molecular complexity index is 646. The normalized spacial score (nSPS) is 11.5. The van der Waals surface area contributed by atoms with Crippen LogP contribution in [0.5, 0.6) is 0 Å². The molecule has 0 atom stereocenters. The lowest BCUT2D eigenvalue weighted by Gasteiger charge is -2.11. The van der Waals surface area contributed by atoms with Crippen LogP contribution in [0.1, 0.15) is 5.56 Å². The molecule has 0 bridgehead atoms. The van der Waals surface area contributed by atoms with Crippen molar-refractivity contribution in [3.05, 3.63) is 51.3 Å². The minimum Gasteiger partial charge on any atom is -0.338 e. The van der Waals surface area contributed by atoms with Gasteiger partial charge in [-0.3, -0.25) is 0 Å². The molecular weight excluding hydrogens is 363 g/mol. The van der Waals surface area contributed by atoms with Crippen molar-refractivity contribution in [1.82, 2.24) is 4.98 Å². The van der Waals surface area contributed by atoms with Crippen LogP contribution in [-0.2, 0) is 6.18 Å². The molecule has 2 aromatic rings. The Labute approximate surface area is 124 Å². The van der Waals surface area contributed by atoms with E-state index in [1.54, 1.807) is 0 Å². The van der Waals surface area contributed by atoms with E-state index in [2.05, 4.69) is 26.2 Å². The molecule has 2 nitrogen and oxygen atoms in total. The van der Waals surface area contributed by atoms with Gasteiger partial charge in [-0.05, 0) is 30.3 Å². The summed E-state index contributed by atoms with van der Waals surface area (Å²) in [6, 6.07) is 5.47. The van der Waals surface area contributed by atoms with Crippen LogP contribution >= 0.6 is 27.5 Å². The Hall–Kier alpha value is -1.34. The molecule has 1 aromatic heterocycles. The third-order valence-electron chi connectivity index (χ3n) is 2.31. The van der Waals surface area contributed by atoms with Crippen LogP contribution in [0.2, 0.25) is 5.15 Å². The van der Waals surface area contributed by atoms with Crippen molar-refractivity contribution in [2.24, 2.45) is 0 Å². The zero-order chi connectivity index (χ0) is 14.9. The van der Waals surface area contributed by atoms with Gasteiger partial charge in [0.25, 0.3) is 0 Å². The Balaban J connectivity index is 2.39. The lowest BCUT2D eigenvalue weighted by atomic mass is 10.2. The molecule has 0 saturated carbocycles. The third-order valence-corrected chi connectivity index (χ3v) is 3.00. The molecule has 1 N–H and O–H groups in total. The van der Waals surface area contributed by atoms with E-state index in [0.717, 1.165) is 6.07 Å². The van der Waals surface area contributed by atoms with E-state index >= 15 is 0 Å². The second-order valence-electron chi connectivity index (χ2n) is 3.81. The van der Waals surface area contributed by atoms with Gasteiger partial charge in [0.1, 0.15) is 16.8 Å². The summed E-state index contributed by atoms with van der Waals surface area (Å²) < 4.78 is 52.0. The molecule has 0 saturated heterocycles. The topological polar surface area (TPSA) is 24.9 Å². The van der Waals surface area contributed by atoms with Gasteiger partial charge in [-0.2, -0.15) is 13.2 Å². The largest absolute Gasteiger partial charge is 0.416 e. The van der Waals surface area contributed by atoms with E-state index in [9.17, 15) is 17.6 Å². The van der Waals surface area contributed by atoms with Crippen LogP contribution in [0.3, 0.4) is 0 Å². The van der Waals surface area contributed by atoms with E-state index in [1.165, 1.54) is 18.2 Å². The van der Waals surface area contributed by atoms with Gasteiger partial charge in [0.2, 0.25) is 0 Å². The fourth-order valence-electron chi connectivity index (χ4n) is 1.46. The fourth-order valence-corrected chi connectivity index (χ4v) is 2.03. The molecule has 20 heavy (non-hydrogen) atoms. The number of nitrogens with zero attached hydrogens (tertiary/aromatic N) is 1. The molecule has 1 heterocycles. The SMILES string of the molecule is Fc1ccc(Br)cc1Nc1cc(C(F)(F)F)cc(Cl)n1. The average molecular weight is 370 g/mol. The molecule has 8 heteroatoms. The van der Waals surface area contributed by atoms with Gasteiger partial charge in [0.15, 0.2) is 0 Å². The maximum atomic E-state index is 13.5. The van der Waals surface area contributed by atoms with Crippen LogP contribution in [-0.4, -0.2) is 4.98 Å². The quantitative estimate of drug-likeness (QED) is 0.566. The number of hydrogen-bond donors (Lipinski definition) is 1. The molecule has 0 aliphatic rings. The Morgan fingerprint density at radius 3 is 2.50 bits per heavy atom. The third kappa shape index (κ3) is 3.61. The second kappa shape index (κ2) is 5.57. The first-order valence-electron chi connectivity index (χ1n) is 5.22. The number of hydrogen-bond acceptors (Lipinski definition) is 2. The summed E-state index contributed by atoms with van der Waals surface area (Å²) in [6.07, 6.45) is -4.56. The molecule has 0 fully saturated rings. The number of benzene rings is 1. The molecule has 1 aromatic carbocycles. The number of halogens is 6. The average Bonchev–Trinajstić information content (AvgIpc) is 2.32. The minimum atomic E-state index is -4.56.